The molecule has 1 atom stereocenters. The zero-order chi connectivity index (χ0) is 16.4. The number of nitrogens with one attached hydrogen (secondary N) is 1. The van der Waals surface area contributed by atoms with Gasteiger partial charge in [0.15, 0.2) is 11.5 Å². The third-order valence-electron chi connectivity index (χ3n) is 3.05. The first-order valence-corrected chi connectivity index (χ1v) is 7.91. The molecule has 0 aliphatic heterocycles. The van der Waals surface area contributed by atoms with Gasteiger partial charge in [-0.05, 0) is 37.0 Å². The molecule has 0 bridgehead atoms. The molecule has 1 rings (SSSR count). The van der Waals surface area contributed by atoms with E-state index in [-0.39, 0.29) is 18.4 Å². The second-order valence-electron chi connectivity index (χ2n) is 5.36. The van der Waals surface area contributed by atoms with Gasteiger partial charge >= 0.3 is 0 Å². The number of hydrogen-bond acceptors (Lipinski definition) is 4. The van der Waals surface area contributed by atoms with Gasteiger partial charge in [0.2, 0.25) is 0 Å². The van der Waals surface area contributed by atoms with Crippen molar-refractivity contribution in [3.8, 4) is 11.5 Å². The van der Waals surface area contributed by atoms with Crippen LogP contribution in [-0.2, 0) is 0 Å². The molecule has 0 aliphatic rings. The van der Waals surface area contributed by atoms with Gasteiger partial charge in [-0.15, -0.1) is 0 Å². The third-order valence-corrected chi connectivity index (χ3v) is 3.05. The number of ether oxygens (including phenoxy) is 2. The number of amides is 1. The summed E-state index contributed by atoms with van der Waals surface area (Å²) in [4.78, 5) is 12.1. The first kappa shape index (κ1) is 18.3. The molecule has 0 saturated heterocycles. The van der Waals surface area contributed by atoms with E-state index < -0.39 is 0 Å². The summed E-state index contributed by atoms with van der Waals surface area (Å²) < 4.78 is 11.3. The molecule has 5 heteroatoms. The highest BCUT2D eigenvalue weighted by atomic mass is 16.5. The number of benzene rings is 1. The van der Waals surface area contributed by atoms with Crippen molar-refractivity contribution in [2.75, 3.05) is 26.4 Å². The largest absolute Gasteiger partial charge is 0.490 e. The van der Waals surface area contributed by atoms with Gasteiger partial charge in [0.1, 0.15) is 0 Å². The lowest BCUT2D eigenvalue weighted by Crippen LogP contribution is -2.29. The molecule has 124 valence electrons. The Bertz CT molecular complexity index is 462. The van der Waals surface area contributed by atoms with Crippen molar-refractivity contribution < 1.29 is 19.4 Å². The lowest BCUT2D eigenvalue weighted by Gasteiger charge is -2.14. The number of carbonyl (C=O) groups is 1. The van der Waals surface area contributed by atoms with Crippen molar-refractivity contribution in [3.63, 3.8) is 0 Å². The van der Waals surface area contributed by atoms with E-state index in [0.717, 1.165) is 12.8 Å². The van der Waals surface area contributed by atoms with Gasteiger partial charge < -0.3 is 19.9 Å². The summed E-state index contributed by atoms with van der Waals surface area (Å²) >= 11 is 0. The van der Waals surface area contributed by atoms with E-state index in [1.165, 1.54) is 0 Å². The maximum absolute atomic E-state index is 12.1. The van der Waals surface area contributed by atoms with Crippen LogP contribution >= 0.6 is 0 Å². The average molecular weight is 309 g/mol. The molecule has 1 aromatic rings. The smallest absolute Gasteiger partial charge is 0.251 e. The van der Waals surface area contributed by atoms with Crippen LogP contribution in [0.4, 0.5) is 0 Å². The normalized spacial score (nSPS) is 11.8. The van der Waals surface area contributed by atoms with Crippen molar-refractivity contribution in [2.24, 2.45) is 5.92 Å². The van der Waals surface area contributed by atoms with Gasteiger partial charge in [-0.25, -0.2) is 0 Å². The standard InChI is InChI=1S/C17H27NO4/c1-4-8-21-15-7-6-14(10-16(15)22-9-5-2)17(20)18-11-13(3)12-19/h6-7,10,13,19H,4-5,8-9,11-12H2,1-3H3,(H,18,20)/t13-/m1/s1. The van der Waals surface area contributed by atoms with Gasteiger partial charge in [0, 0.05) is 18.7 Å². The van der Waals surface area contributed by atoms with Crippen LogP contribution in [0.2, 0.25) is 0 Å². The van der Waals surface area contributed by atoms with Crippen LogP contribution in [0, 0.1) is 5.92 Å². The molecule has 0 aromatic heterocycles. The minimum absolute atomic E-state index is 0.0342. The maximum Gasteiger partial charge on any atom is 0.251 e. The number of aliphatic hydroxyl groups excluding tert-OH is 1. The number of rotatable bonds is 10. The Kier molecular flexibility index (Phi) is 8.36. The summed E-state index contributed by atoms with van der Waals surface area (Å²) in [5, 5.41) is 11.8. The summed E-state index contributed by atoms with van der Waals surface area (Å²) in [5.41, 5.74) is 0.528. The quantitative estimate of drug-likeness (QED) is 0.697. The van der Waals surface area contributed by atoms with Crippen LogP contribution < -0.4 is 14.8 Å². The molecule has 0 spiro atoms. The first-order valence-electron chi connectivity index (χ1n) is 7.91. The Hall–Kier alpha value is -1.75. The van der Waals surface area contributed by atoms with Crippen LogP contribution in [0.5, 0.6) is 11.5 Å². The first-order chi connectivity index (χ1) is 10.6. The van der Waals surface area contributed by atoms with Crippen LogP contribution in [0.1, 0.15) is 44.0 Å². The Morgan fingerprint density at radius 3 is 2.41 bits per heavy atom. The Labute approximate surface area is 132 Å². The molecule has 22 heavy (non-hydrogen) atoms. The fraction of sp³-hybridized carbons (Fsp3) is 0.588. The molecule has 1 amide bonds. The van der Waals surface area contributed by atoms with E-state index in [1.54, 1.807) is 18.2 Å². The second kappa shape index (κ2) is 10.1. The summed E-state index contributed by atoms with van der Waals surface area (Å²) in [7, 11) is 0. The SMILES string of the molecule is CCCOc1ccc(C(=O)NC[C@@H](C)CO)cc1OCCC. The van der Waals surface area contributed by atoms with Gasteiger partial charge in [-0.2, -0.15) is 0 Å². The monoisotopic (exact) mass is 309 g/mol. The Balaban J connectivity index is 2.80. The van der Waals surface area contributed by atoms with Crippen LogP contribution in [-0.4, -0.2) is 37.4 Å². The van der Waals surface area contributed by atoms with Crippen molar-refractivity contribution in [2.45, 2.75) is 33.6 Å². The molecule has 0 saturated carbocycles. The summed E-state index contributed by atoms with van der Waals surface area (Å²) in [5.74, 6) is 1.12. The number of carbonyl (C=O) groups excluding carboxylic acids is 1. The number of aliphatic hydroxyl groups is 1. The van der Waals surface area contributed by atoms with E-state index in [9.17, 15) is 4.79 Å². The molecule has 0 unspecified atom stereocenters. The Morgan fingerprint density at radius 2 is 1.82 bits per heavy atom. The highest BCUT2D eigenvalue weighted by molar-refractivity contribution is 5.94. The fourth-order valence-corrected chi connectivity index (χ4v) is 1.74. The zero-order valence-electron chi connectivity index (χ0n) is 13.7. The minimum atomic E-state index is -0.177. The molecule has 0 fully saturated rings. The lowest BCUT2D eigenvalue weighted by atomic mass is 10.1. The van der Waals surface area contributed by atoms with E-state index in [0.29, 0.717) is 36.8 Å². The van der Waals surface area contributed by atoms with Gasteiger partial charge in [0.25, 0.3) is 5.91 Å². The van der Waals surface area contributed by atoms with Crippen LogP contribution in [0.25, 0.3) is 0 Å². The van der Waals surface area contributed by atoms with E-state index >= 15 is 0 Å². The van der Waals surface area contributed by atoms with Gasteiger partial charge in [0.05, 0.1) is 13.2 Å². The fourth-order valence-electron chi connectivity index (χ4n) is 1.74. The molecule has 5 nitrogen and oxygen atoms in total. The molecule has 0 heterocycles. The molecular weight excluding hydrogens is 282 g/mol. The Morgan fingerprint density at radius 1 is 1.18 bits per heavy atom. The average Bonchev–Trinajstić information content (AvgIpc) is 2.55. The molecule has 1 aromatic carbocycles. The molecule has 0 radical (unpaired) electrons. The molecule has 2 N–H and O–H groups in total. The predicted molar refractivity (Wildman–Crippen MR) is 86.6 cm³/mol. The summed E-state index contributed by atoms with van der Waals surface area (Å²) in [6, 6.07) is 5.20. The highest BCUT2D eigenvalue weighted by Crippen LogP contribution is 2.28. The van der Waals surface area contributed by atoms with E-state index in [4.69, 9.17) is 14.6 Å². The minimum Gasteiger partial charge on any atom is -0.490 e. The lowest BCUT2D eigenvalue weighted by molar-refractivity contribution is 0.0941. The van der Waals surface area contributed by atoms with Crippen molar-refractivity contribution >= 4 is 5.91 Å². The van der Waals surface area contributed by atoms with E-state index in [2.05, 4.69) is 5.32 Å². The van der Waals surface area contributed by atoms with Crippen LogP contribution in [0.15, 0.2) is 18.2 Å². The molecule has 0 aliphatic carbocycles. The van der Waals surface area contributed by atoms with Gasteiger partial charge in [-0.1, -0.05) is 20.8 Å². The van der Waals surface area contributed by atoms with Crippen molar-refractivity contribution in [1.29, 1.82) is 0 Å². The topological polar surface area (TPSA) is 67.8 Å². The van der Waals surface area contributed by atoms with Crippen LogP contribution in [0.3, 0.4) is 0 Å². The van der Waals surface area contributed by atoms with Crippen molar-refractivity contribution in [1.82, 2.24) is 5.32 Å². The second-order valence-corrected chi connectivity index (χ2v) is 5.36. The zero-order valence-corrected chi connectivity index (χ0v) is 13.7. The van der Waals surface area contributed by atoms with Crippen molar-refractivity contribution in [3.05, 3.63) is 23.8 Å². The summed E-state index contributed by atoms with van der Waals surface area (Å²) in [6.45, 7) is 7.62. The summed E-state index contributed by atoms with van der Waals surface area (Å²) in [6.07, 6.45) is 1.80. The number of hydrogen-bond donors (Lipinski definition) is 2. The predicted octanol–water partition coefficient (Wildman–Crippen LogP) is 2.62. The molecular formula is C17H27NO4. The third kappa shape index (κ3) is 5.93. The maximum atomic E-state index is 12.1. The van der Waals surface area contributed by atoms with Gasteiger partial charge in [-0.3, -0.25) is 4.79 Å². The highest BCUT2D eigenvalue weighted by Gasteiger charge is 2.12. The van der Waals surface area contributed by atoms with E-state index in [1.807, 2.05) is 20.8 Å².